The number of amides is 1. The predicted molar refractivity (Wildman–Crippen MR) is 74.9 cm³/mol. The number of carbonyl (C=O) groups excluding carboxylic acids is 1. The molecule has 1 rings (SSSR count). The van der Waals surface area contributed by atoms with Gasteiger partial charge in [-0.15, -0.1) is 0 Å². The highest BCUT2D eigenvalue weighted by Crippen LogP contribution is 2.19. The summed E-state index contributed by atoms with van der Waals surface area (Å²) in [5.41, 5.74) is 0.441. The normalized spacial score (nSPS) is 11.7. The van der Waals surface area contributed by atoms with Crippen molar-refractivity contribution in [3.05, 3.63) is 27.3 Å². The van der Waals surface area contributed by atoms with E-state index in [4.69, 9.17) is 9.84 Å². The lowest BCUT2D eigenvalue weighted by Gasteiger charge is -2.13. The number of nitrogens with one attached hydrogen (secondary N) is 1. The first-order chi connectivity index (χ1) is 8.49. The summed E-state index contributed by atoms with van der Waals surface area (Å²) in [6.07, 6.45) is 0.341. The van der Waals surface area contributed by atoms with Crippen LogP contribution in [0.1, 0.15) is 23.7 Å². The van der Waals surface area contributed by atoms with Gasteiger partial charge in [0.25, 0.3) is 5.91 Å². The molecule has 0 aliphatic rings. The van der Waals surface area contributed by atoms with Gasteiger partial charge in [-0.1, -0.05) is 6.92 Å². The van der Waals surface area contributed by atoms with E-state index in [1.165, 1.54) is 0 Å². The van der Waals surface area contributed by atoms with E-state index in [2.05, 4.69) is 5.32 Å². The number of hydrogen-bond donors (Lipinski definition) is 2. The standard InChI is InChI=1S/C12H14INO4/c1-3-10(12(16)17)14-11(15)8-5-4-7(18-2)6-9(8)13/h4-6,10H,3H2,1-2H3,(H,14,15)(H,16,17). The van der Waals surface area contributed by atoms with Crippen molar-refractivity contribution in [2.45, 2.75) is 19.4 Å². The van der Waals surface area contributed by atoms with Crippen LogP contribution in [0.15, 0.2) is 18.2 Å². The van der Waals surface area contributed by atoms with Crippen molar-refractivity contribution in [2.24, 2.45) is 0 Å². The lowest BCUT2D eigenvalue weighted by Crippen LogP contribution is -2.40. The van der Waals surface area contributed by atoms with Gasteiger partial charge in [-0.3, -0.25) is 4.79 Å². The van der Waals surface area contributed by atoms with E-state index in [1.54, 1.807) is 32.2 Å². The van der Waals surface area contributed by atoms with Gasteiger partial charge in [0.05, 0.1) is 12.7 Å². The van der Waals surface area contributed by atoms with Gasteiger partial charge < -0.3 is 15.2 Å². The number of ether oxygens (including phenoxy) is 1. The first-order valence-electron chi connectivity index (χ1n) is 5.36. The maximum absolute atomic E-state index is 11.9. The third-order valence-corrected chi connectivity index (χ3v) is 3.33. The summed E-state index contributed by atoms with van der Waals surface area (Å²) in [4.78, 5) is 22.8. The molecule has 0 saturated carbocycles. The van der Waals surface area contributed by atoms with E-state index in [1.807, 2.05) is 22.6 Å². The van der Waals surface area contributed by atoms with Crippen molar-refractivity contribution < 1.29 is 19.4 Å². The summed E-state index contributed by atoms with van der Waals surface area (Å²) >= 11 is 2.01. The number of carbonyl (C=O) groups is 2. The lowest BCUT2D eigenvalue weighted by atomic mass is 10.1. The summed E-state index contributed by atoms with van der Waals surface area (Å²) < 4.78 is 5.75. The second-order valence-electron chi connectivity index (χ2n) is 3.62. The Kier molecular flexibility index (Phi) is 5.39. The van der Waals surface area contributed by atoms with Crippen LogP contribution in [0.5, 0.6) is 5.75 Å². The van der Waals surface area contributed by atoms with Gasteiger partial charge in [0, 0.05) is 3.57 Å². The molecule has 1 atom stereocenters. The molecule has 18 heavy (non-hydrogen) atoms. The largest absolute Gasteiger partial charge is 0.497 e. The Morgan fingerprint density at radius 3 is 2.61 bits per heavy atom. The molecule has 0 bridgehead atoms. The number of halogens is 1. The fraction of sp³-hybridized carbons (Fsp3) is 0.333. The van der Waals surface area contributed by atoms with E-state index in [9.17, 15) is 9.59 Å². The molecule has 0 aliphatic heterocycles. The van der Waals surface area contributed by atoms with E-state index in [-0.39, 0.29) is 0 Å². The Balaban J connectivity index is 2.87. The van der Waals surface area contributed by atoms with Crippen molar-refractivity contribution in [3.63, 3.8) is 0 Å². The lowest BCUT2D eigenvalue weighted by molar-refractivity contribution is -0.139. The molecule has 6 heteroatoms. The fourth-order valence-corrected chi connectivity index (χ4v) is 2.11. The van der Waals surface area contributed by atoms with Crippen LogP contribution in [-0.4, -0.2) is 30.1 Å². The van der Waals surface area contributed by atoms with Gasteiger partial charge in [-0.25, -0.2) is 4.79 Å². The van der Waals surface area contributed by atoms with Crippen LogP contribution < -0.4 is 10.1 Å². The Hall–Kier alpha value is -1.31. The zero-order chi connectivity index (χ0) is 13.7. The highest BCUT2D eigenvalue weighted by atomic mass is 127. The Morgan fingerprint density at radius 2 is 2.17 bits per heavy atom. The quantitative estimate of drug-likeness (QED) is 0.784. The second kappa shape index (κ2) is 6.58. The van der Waals surface area contributed by atoms with Crippen LogP contribution in [0.2, 0.25) is 0 Å². The summed E-state index contributed by atoms with van der Waals surface area (Å²) in [5, 5.41) is 11.4. The van der Waals surface area contributed by atoms with Crippen LogP contribution in [0.3, 0.4) is 0 Å². The van der Waals surface area contributed by atoms with Crippen molar-refractivity contribution in [3.8, 4) is 5.75 Å². The topological polar surface area (TPSA) is 75.6 Å². The molecule has 2 N–H and O–H groups in total. The molecule has 0 aromatic heterocycles. The van der Waals surface area contributed by atoms with Gasteiger partial charge in [-0.05, 0) is 47.2 Å². The van der Waals surface area contributed by atoms with Gasteiger partial charge >= 0.3 is 5.97 Å². The van der Waals surface area contributed by atoms with Gasteiger partial charge in [-0.2, -0.15) is 0 Å². The predicted octanol–water partition coefficient (Wildman–Crippen LogP) is 1.89. The monoisotopic (exact) mass is 363 g/mol. The number of rotatable bonds is 5. The van der Waals surface area contributed by atoms with E-state index < -0.39 is 17.9 Å². The Labute approximate surface area is 119 Å². The van der Waals surface area contributed by atoms with Gasteiger partial charge in [0.1, 0.15) is 11.8 Å². The Morgan fingerprint density at radius 1 is 1.50 bits per heavy atom. The average molecular weight is 363 g/mol. The van der Waals surface area contributed by atoms with E-state index in [0.717, 1.165) is 0 Å². The zero-order valence-electron chi connectivity index (χ0n) is 10.1. The van der Waals surface area contributed by atoms with Crippen molar-refractivity contribution in [1.29, 1.82) is 0 Å². The van der Waals surface area contributed by atoms with E-state index >= 15 is 0 Å². The minimum absolute atomic E-state index is 0.341. The third kappa shape index (κ3) is 3.59. The number of carboxylic acids is 1. The molecule has 1 aromatic rings. The average Bonchev–Trinajstić information content (AvgIpc) is 2.34. The number of benzene rings is 1. The number of carboxylic acid groups (broad SMARTS) is 1. The second-order valence-corrected chi connectivity index (χ2v) is 4.78. The molecule has 0 heterocycles. The summed E-state index contributed by atoms with van der Waals surface area (Å²) in [6.45, 7) is 1.71. The summed E-state index contributed by atoms with van der Waals surface area (Å²) in [7, 11) is 1.54. The molecule has 1 unspecified atom stereocenters. The van der Waals surface area contributed by atoms with Crippen molar-refractivity contribution >= 4 is 34.5 Å². The molecule has 1 amide bonds. The number of aliphatic carboxylic acids is 1. The number of methoxy groups -OCH3 is 1. The fourth-order valence-electron chi connectivity index (χ4n) is 1.38. The molecule has 0 radical (unpaired) electrons. The van der Waals surface area contributed by atoms with Gasteiger partial charge in [0.15, 0.2) is 0 Å². The maximum atomic E-state index is 11.9. The van der Waals surface area contributed by atoms with Gasteiger partial charge in [0.2, 0.25) is 0 Å². The van der Waals surface area contributed by atoms with Crippen molar-refractivity contribution in [1.82, 2.24) is 5.32 Å². The molecule has 0 aliphatic carbocycles. The van der Waals surface area contributed by atoms with E-state index in [0.29, 0.717) is 21.3 Å². The summed E-state index contributed by atoms with van der Waals surface area (Å²) in [5.74, 6) is -0.771. The summed E-state index contributed by atoms with van der Waals surface area (Å²) in [6, 6.07) is 4.14. The first-order valence-corrected chi connectivity index (χ1v) is 6.44. The minimum atomic E-state index is -1.03. The van der Waals surface area contributed by atoms with Crippen LogP contribution in [-0.2, 0) is 4.79 Å². The van der Waals surface area contributed by atoms with Crippen LogP contribution in [0, 0.1) is 3.57 Å². The van der Waals surface area contributed by atoms with Crippen molar-refractivity contribution in [2.75, 3.05) is 7.11 Å². The SMILES string of the molecule is CCC(NC(=O)c1ccc(OC)cc1I)C(=O)O. The molecular weight excluding hydrogens is 349 g/mol. The highest BCUT2D eigenvalue weighted by molar-refractivity contribution is 14.1. The van der Waals surface area contributed by atoms with Crippen LogP contribution in [0.4, 0.5) is 0 Å². The molecule has 0 fully saturated rings. The smallest absolute Gasteiger partial charge is 0.326 e. The number of hydrogen-bond acceptors (Lipinski definition) is 3. The molecule has 0 saturated heterocycles. The molecule has 5 nitrogen and oxygen atoms in total. The first kappa shape index (κ1) is 14.7. The molecular formula is C12H14INO4. The maximum Gasteiger partial charge on any atom is 0.326 e. The Bertz CT molecular complexity index is 461. The van der Waals surface area contributed by atoms with Crippen LogP contribution in [0.25, 0.3) is 0 Å². The third-order valence-electron chi connectivity index (χ3n) is 2.43. The minimum Gasteiger partial charge on any atom is -0.497 e. The molecule has 0 spiro atoms. The molecule has 98 valence electrons. The van der Waals surface area contributed by atoms with Crippen LogP contribution >= 0.6 is 22.6 Å². The molecule has 1 aromatic carbocycles. The zero-order valence-corrected chi connectivity index (χ0v) is 12.2. The highest BCUT2D eigenvalue weighted by Gasteiger charge is 2.19.